The van der Waals surface area contributed by atoms with Crippen LogP contribution in [0.25, 0.3) is 0 Å². The fourth-order valence-electron chi connectivity index (χ4n) is 2.69. The molecule has 1 aliphatic heterocycles. The standard InChI is InChI=1S/C16H28N4O3/c1-5-7-19-8-6-18-14(19)13(17)12-11-22-10-9-20(12)15(21)23-16(2,3)4/h6,8,12-13H,5,7,9-11,17H2,1-4H3. The van der Waals surface area contributed by atoms with E-state index in [1.807, 2.05) is 31.5 Å². The Hall–Kier alpha value is -1.60. The number of aromatic nitrogens is 2. The number of ether oxygens (including phenoxy) is 2. The molecule has 0 radical (unpaired) electrons. The minimum absolute atomic E-state index is 0.281. The Morgan fingerprint density at radius 2 is 2.30 bits per heavy atom. The van der Waals surface area contributed by atoms with Crippen LogP contribution in [0, 0.1) is 0 Å². The van der Waals surface area contributed by atoms with Gasteiger partial charge < -0.3 is 19.8 Å². The van der Waals surface area contributed by atoms with Crippen LogP contribution in [-0.2, 0) is 16.0 Å². The van der Waals surface area contributed by atoms with Gasteiger partial charge in [0, 0.05) is 25.5 Å². The van der Waals surface area contributed by atoms with Gasteiger partial charge in [-0.1, -0.05) is 6.92 Å². The van der Waals surface area contributed by atoms with Gasteiger partial charge in [-0.25, -0.2) is 9.78 Å². The number of nitrogens with two attached hydrogens (primary N) is 1. The average molecular weight is 324 g/mol. The third-order valence-corrected chi connectivity index (χ3v) is 3.72. The second-order valence-corrected chi connectivity index (χ2v) is 6.82. The van der Waals surface area contributed by atoms with E-state index in [0.29, 0.717) is 19.8 Å². The van der Waals surface area contributed by atoms with E-state index < -0.39 is 11.6 Å². The lowest BCUT2D eigenvalue weighted by molar-refractivity contribution is -0.0390. The van der Waals surface area contributed by atoms with Crippen molar-refractivity contribution < 1.29 is 14.3 Å². The Morgan fingerprint density at radius 1 is 1.57 bits per heavy atom. The van der Waals surface area contributed by atoms with E-state index in [9.17, 15) is 4.79 Å². The van der Waals surface area contributed by atoms with Gasteiger partial charge in [-0.2, -0.15) is 0 Å². The Morgan fingerprint density at radius 3 is 2.96 bits per heavy atom. The molecule has 2 heterocycles. The minimum atomic E-state index is -0.537. The Kier molecular flexibility index (Phi) is 5.64. The number of hydrogen-bond acceptors (Lipinski definition) is 5. The molecule has 0 bridgehead atoms. The molecule has 23 heavy (non-hydrogen) atoms. The van der Waals surface area contributed by atoms with Crippen molar-refractivity contribution in [3.8, 4) is 0 Å². The fourth-order valence-corrected chi connectivity index (χ4v) is 2.69. The monoisotopic (exact) mass is 324 g/mol. The van der Waals surface area contributed by atoms with Crippen LogP contribution in [0.2, 0.25) is 0 Å². The molecule has 130 valence electrons. The topological polar surface area (TPSA) is 82.6 Å². The van der Waals surface area contributed by atoms with Crippen LogP contribution >= 0.6 is 0 Å². The molecule has 2 unspecified atom stereocenters. The molecule has 1 aromatic heterocycles. The van der Waals surface area contributed by atoms with Crippen molar-refractivity contribution in [2.75, 3.05) is 19.8 Å². The van der Waals surface area contributed by atoms with Gasteiger partial charge in [0.25, 0.3) is 0 Å². The number of nitrogens with zero attached hydrogens (tertiary/aromatic N) is 3. The first-order valence-corrected chi connectivity index (χ1v) is 8.17. The number of hydrogen-bond donors (Lipinski definition) is 1. The van der Waals surface area contributed by atoms with E-state index in [1.54, 1.807) is 11.1 Å². The van der Waals surface area contributed by atoms with Crippen molar-refractivity contribution in [1.29, 1.82) is 0 Å². The predicted octanol–water partition coefficient (Wildman–Crippen LogP) is 1.93. The Bertz CT molecular complexity index is 524. The largest absolute Gasteiger partial charge is 0.444 e. The van der Waals surface area contributed by atoms with Gasteiger partial charge in [0.15, 0.2) is 0 Å². The van der Waals surface area contributed by atoms with E-state index in [2.05, 4.69) is 11.9 Å². The zero-order valence-electron chi connectivity index (χ0n) is 14.5. The summed E-state index contributed by atoms with van der Waals surface area (Å²) in [6.07, 6.45) is 4.30. The summed E-state index contributed by atoms with van der Waals surface area (Å²) in [7, 11) is 0. The number of rotatable bonds is 4. The number of imidazole rings is 1. The van der Waals surface area contributed by atoms with E-state index in [0.717, 1.165) is 18.8 Å². The van der Waals surface area contributed by atoms with E-state index in [4.69, 9.17) is 15.2 Å². The molecule has 1 aromatic rings. The number of carbonyl (C=O) groups excluding carboxylic acids is 1. The normalized spacial score (nSPS) is 20.4. The van der Waals surface area contributed by atoms with Crippen LogP contribution in [0.1, 0.15) is 46.0 Å². The highest BCUT2D eigenvalue weighted by Gasteiger charge is 2.36. The van der Waals surface area contributed by atoms with Gasteiger partial charge in [-0.15, -0.1) is 0 Å². The fraction of sp³-hybridized carbons (Fsp3) is 0.750. The van der Waals surface area contributed by atoms with Gasteiger partial charge in [0.2, 0.25) is 0 Å². The third kappa shape index (κ3) is 4.45. The molecule has 1 aliphatic rings. The summed E-state index contributed by atoms with van der Waals surface area (Å²) in [6.45, 7) is 9.87. The molecular weight excluding hydrogens is 296 g/mol. The average Bonchev–Trinajstić information content (AvgIpc) is 2.93. The van der Waals surface area contributed by atoms with Crippen molar-refractivity contribution in [1.82, 2.24) is 14.5 Å². The summed E-state index contributed by atoms with van der Waals surface area (Å²) in [5.74, 6) is 0.774. The van der Waals surface area contributed by atoms with E-state index >= 15 is 0 Å². The van der Waals surface area contributed by atoms with Gasteiger partial charge >= 0.3 is 6.09 Å². The number of aryl methyl sites for hydroxylation is 1. The summed E-state index contributed by atoms with van der Waals surface area (Å²) in [5.41, 5.74) is 5.89. The molecule has 0 aromatic carbocycles. The summed E-state index contributed by atoms with van der Waals surface area (Å²) in [5, 5.41) is 0. The molecule has 2 atom stereocenters. The van der Waals surface area contributed by atoms with E-state index in [1.165, 1.54) is 0 Å². The predicted molar refractivity (Wildman–Crippen MR) is 87.0 cm³/mol. The number of carbonyl (C=O) groups is 1. The maximum absolute atomic E-state index is 12.5. The smallest absolute Gasteiger partial charge is 0.410 e. The number of amides is 1. The summed E-state index contributed by atoms with van der Waals surface area (Å²) in [6, 6.07) is -0.694. The van der Waals surface area contributed by atoms with Crippen molar-refractivity contribution >= 4 is 6.09 Å². The molecule has 2 rings (SSSR count). The molecule has 0 aliphatic carbocycles. The lowest BCUT2D eigenvalue weighted by Gasteiger charge is -2.39. The molecule has 0 saturated carbocycles. The SMILES string of the molecule is CCCn1ccnc1C(N)C1COCCN1C(=O)OC(C)(C)C. The van der Waals surface area contributed by atoms with Gasteiger partial charge in [0.1, 0.15) is 11.4 Å². The lowest BCUT2D eigenvalue weighted by Crippen LogP contribution is -2.54. The van der Waals surface area contributed by atoms with Gasteiger partial charge in [-0.3, -0.25) is 4.90 Å². The molecule has 7 nitrogen and oxygen atoms in total. The second kappa shape index (κ2) is 7.31. The third-order valence-electron chi connectivity index (χ3n) is 3.72. The first-order chi connectivity index (χ1) is 10.8. The van der Waals surface area contributed by atoms with Crippen LogP contribution < -0.4 is 5.73 Å². The van der Waals surface area contributed by atoms with E-state index in [-0.39, 0.29) is 12.1 Å². The Balaban J connectivity index is 2.17. The van der Waals surface area contributed by atoms with Crippen molar-refractivity contribution in [3.05, 3.63) is 18.2 Å². The van der Waals surface area contributed by atoms with Crippen LogP contribution in [0.3, 0.4) is 0 Å². The minimum Gasteiger partial charge on any atom is -0.444 e. The molecular formula is C16H28N4O3. The first kappa shape index (κ1) is 17.7. The highest BCUT2D eigenvalue weighted by Crippen LogP contribution is 2.23. The summed E-state index contributed by atoms with van der Waals surface area (Å²) in [4.78, 5) is 18.5. The first-order valence-electron chi connectivity index (χ1n) is 8.17. The van der Waals surface area contributed by atoms with Crippen LogP contribution in [0.15, 0.2) is 12.4 Å². The van der Waals surface area contributed by atoms with Crippen LogP contribution in [-0.4, -0.2) is 51.9 Å². The molecule has 1 saturated heterocycles. The number of morpholine rings is 1. The van der Waals surface area contributed by atoms with Gasteiger partial charge in [-0.05, 0) is 27.2 Å². The zero-order valence-corrected chi connectivity index (χ0v) is 14.5. The molecule has 7 heteroatoms. The second-order valence-electron chi connectivity index (χ2n) is 6.82. The summed E-state index contributed by atoms with van der Waals surface area (Å²) < 4.78 is 13.1. The highest BCUT2D eigenvalue weighted by atomic mass is 16.6. The van der Waals surface area contributed by atoms with Crippen molar-refractivity contribution in [2.45, 2.75) is 58.3 Å². The highest BCUT2D eigenvalue weighted by molar-refractivity contribution is 5.68. The van der Waals surface area contributed by atoms with Crippen LogP contribution in [0.5, 0.6) is 0 Å². The molecule has 2 N–H and O–H groups in total. The van der Waals surface area contributed by atoms with Gasteiger partial charge in [0.05, 0.1) is 25.3 Å². The van der Waals surface area contributed by atoms with Crippen molar-refractivity contribution in [2.24, 2.45) is 5.73 Å². The van der Waals surface area contributed by atoms with Crippen LogP contribution in [0.4, 0.5) is 4.79 Å². The zero-order chi connectivity index (χ0) is 17.0. The molecule has 0 spiro atoms. The maximum atomic E-state index is 12.5. The lowest BCUT2D eigenvalue weighted by atomic mass is 10.1. The quantitative estimate of drug-likeness (QED) is 0.915. The molecule has 1 fully saturated rings. The Labute approximate surface area is 137 Å². The van der Waals surface area contributed by atoms with Crippen molar-refractivity contribution in [3.63, 3.8) is 0 Å². The molecule has 1 amide bonds. The summed E-state index contributed by atoms with van der Waals surface area (Å²) >= 11 is 0. The maximum Gasteiger partial charge on any atom is 0.410 e.